The fourth-order valence-electron chi connectivity index (χ4n) is 1.88. The maximum atomic E-state index is 12.1. The lowest BCUT2D eigenvalue weighted by Gasteiger charge is -2.18. The maximum Gasteiger partial charge on any atom is 0.286 e. The fourth-order valence-corrected chi connectivity index (χ4v) is 3.32. The molecule has 1 aliphatic heterocycles. The number of hydrogen-bond donors (Lipinski definition) is 1. The quantitative estimate of drug-likeness (QED) is 0.871. The van der Waals surface area contributed by atoms with Gasteiger partial charge in [-0.25, -0.2) is 0 Å². The van der Waals surface area contributed by atoms with Gasteiger partial charge in [0.1, 0.15) is 4.90 Å². The van der Waals surface area contributed by atoms with E-state index in [1.54, 1.807) is 36.4 Å². The van der Waals surface area contributed by atoms with Crippen molar-refractivity contribution in [3.63, 3.8) is 0 Å². The largest absolute Gasteiger partial charge is 0.338 e. The van der Waals surface area contributed by atoms with Crippen molar-refractivity contribution in [2.45, 2.75) is 4.90 Å². The first kappa shape index (κ1) is 13.4. The number of fused-ring (bicyclic) bond motifs is 1. The number of rotatable bonds is 1. The highest BCUT2D eigenvalue weighted by Gasteiger charge is 2.25. The molecular weight excluding hydrogens is 319 g/mol. The van der Waals surface area contributed by atoms with Crippen LogP contribution in [0.15, 0.2) is 51.8 Å². The van der Waals surface area contributed by atoms with E-state index < -0.39 is 10.0 Å². The first-order valence-electron chi connectivity index (χ1n) is 5.64. The lowest BCUT2D eigenvalue weighted by molar-refractivity contribution is 0.598. The molecule has 2 aromatic rings. The highest BCUT2D eigenvalue weighted by Crippen LogP contribution is 2.29. The average molecular weight is 327 g/mol. The van der Waals surface area contributed by atoms with Gasteiger partial charge in [0.15, 0.2) is 5.84 Å². The third-order valence-electron chi connectivity index (χ3n) is 2.82. The van der Waals surface area contributed by atoms with Gasteiger partial charge in [0, 0.05) is 5.56 Å². The van der Waals surface area contributed by atoms with E-state index in [-0.39, 0.29) is 10.7 Å². The van der Waals surface area contributed by atoms with Crippen molar-refractivity contribution in [2.24, 2.45) is 4.40 Å². The topological polar surface area (TPSA) is 58.5 Å². The van der Waals surface area contributed by atoms with E-state index >= 15 is 0 Å². The molecule has 0 unspecified atom stereocenters. The van der Waals surface area contributed by atoms with Gasteiger partial charge in [0.05, 0.1) is 15.7 Å². The lowest BCUT2D eigenvalue weighted by atomic mass is 10.2. The molecule has 0 radical (unpaired) electrons. The molecule has 0 saturated heterocycles. The van der Waals surface area contributed by atoms with Gasteiger partial charge in [-0.05, 0) is 30.3 Å². The van der Waals surface area contributed by atoms with Crippen LogP contribution in [0.5, 0.6) is 0 Å². The van der Waals surface area contributed by atoms with Crippen LogP contribution in [0.2, 0.25) is 10.0 Å². The second-order valence-corrected chi connectivity index (χ2v) is 6.55. The Bertz CT molecular complexity index is 832. The van der Waals surface area contributed by atoms with Gasteiger partial charge < -0.3 is 5.32 Å². The Hall–Kier alpha value is -1.56. The van der Waals surface area contributed by atoms with Gasteiger partial charge in [0.25, 0.3) is 10.0 Å². The Balaban J connectivity index is 2.14. The molecule has 1 N–H and O–H groups in total. The van der Waals surface area contributed by atoms with Gasteiger partial charge in [-0.1, -0.05) is 35.3 Å². The first-order chi connectivity index (χ1) is 9.47. The van der Waals surface area contributed by atoms with E-state index in [0.29, 0.717) is 21.3 Å². The van der Waals surface area contributed by atoms with Crippen molar-refractivity contribution in [3.05, 3.63) is 58.1 Å². The van der Waals surface area contributed by atoms with Crippen LogP contribution in [0, 0.1) is 0 Å². The van der Waals surface area contributed by atoms with Gasteiger partial charge in [-0.2, -0.15) is 8.42 Å². The van der Waals surface area contributed by atoms with Gasteiger partial charge in [0.2, 0.25) is 0 Å². The molecule has 0 amide bonds. The van der Waals surface area contributed by atoms with E-state index in [4.69, 9.17) is 23.2 Å². The van der Waals surface area contributed by atoms with Crippen LogP contribution < -0.4 is 5.32 Å². The highest BCUT2D eigenvalue weighted by atomic mass is 35.5. The SMILES string of the molecule is O=S1(=O)N=C(c2ccc(Cl)c(Cl)c2)Nc2ccccc21. The van der Waals surface area contributed by atoms with Gasteiger partial charge in [-0.15, -0.1) is 4.40 Å². The molecule has 7 heteroatoms. The van der Waals surface area contributed by atoms with Crippen molar-refractivity contribution >= 4 is 44.7 Å². The summed E-state index contributed by atoms with van der Waals surface area (Å²) in [5.74, 6) is 0.224. The summed E-state index contributed by atoms with van der Waals surface area (Å²) >= 11 is 11.8. The zero-order valence-corrected chi connectivity index (χ0v) is 12.3. The van der Waals surface area contributed by atoms with Crippen LogP contribution in [0.4, 0.5) is 5.69 Å². The molecule has 3 rings (SSSR count). The van der Waals surface area contributed by atoms with Crippen LogP contribution in [0.25, 0.3) is 0 Å². The molecule has 0 spiro atoms. The number of amidine groups is 1. The minimum Gasteiger partial charge on any atom is -0.338 e. The zero-order chi connectivity index (χ0) is 14.3. The number of hydrogen-bond acceptors (Lipinski definition) is 3. The van der Waals surface area contributed by atoms with E-state index in [0.717, 1.165) is 0 Å². The Kier molecular flexibility index (Phi) is 3.20. The van der Waals surface area contributed by atoms with E-state index in [2.05, 4.69) is 9.71 Å². The highest BCUT2D eigenvalue weighted by molar-refractivity contribution is 7.90. The third-order valence-corrected chi connectivity index (χ3v) is 4.90. The predicted molar refractivity (Wildman–Crippen MR) is 80.2 cm³/mol. The van der Waals surface area contributed by atoms with Crippen LogP contribution in [0.1, 0.15) is 5.56 Å². The fraction of sp³-hybridized carbons (Fsp3) is 0. The van der Waals surface area contributed by atoms with Gasteiger partial charge >= 0.3 is 0 Å². The van der Waals surface area contributed by atoms with Crippen molar-refractivity contribution in [1.29, 1.82) is 0 Å². The Morgan fingerprint density at radius 1 is 1.00 bits per heavy atom. The molecule has 0 fully saturated rings. The Labute approximate surface area is 126 Å². The summed E-state index contributed by atoms with van der Waals surface area (Å²) < 4.78 is 28.0. The van der Waals surface area contributed by atoms with E-state index in [9.17, 15) is 8.42 Å². The first-order valence-corrected chi connectivity index (χ1v) is 7.83. The van der Waals surface area contributed by atoms with Crippen LogP contribution >= 0.6 is 23.2 Å². The summed E-state index contributed by atoms with van der Waals surface area (Å²) in [7, 11) is -3.71. The van der Waals surface area contributed by atoms with Crippen molar-refractivity contribution in [2.75, 3.05) is 5.32 Å². The summed E-state index contributed by atoms with van der Waals surface area (Å²) in [6, 6.07) is 11.4. The molecule has 0 aromatic heterocycles. The smallest absolute Gasteiger partial charge is 0.286 e. The number of anilines is 1. The minimum absolute atomic E-state index is 0.156. The third kappa shape index (κ3) is 2.28. The van der Waals surface area contributed by atoms with Gasteiger partial charge in [-0.3, -0.25) is 0 Å². The number of halogens is 2. The average Bonchev–Trinajstić information content (AvgIpc) is 2.41. The molecule has 0 bridgehead atoms. The molecule has 20 heavy (non-hydrogen) atoms. The molecule has 0 saturated carbocycles. The lowest BCUT2D eigenvalue weighted by Crippen LogP contribution is -2.22. The number of sulfonamides is 1. The van der Waals surface area contributed by atoms with E-state index in [1.165, 1.54) is 6.07 Å². The van der Waals surface area contributed by atoms with Crippen LogP contribution in [0.3, 0.4) is 0 Å². The molecule has 102 valence electrons. The molecule has 4 nitrogen and oxygen atoms in total. The Morgan fingerprint density at radius 2 is 1.75 bits per heavy atom. The standard InChI is InChI=1S/C13H8Cl2N2O2S/c14-9-6-5-8(7-10(9)15)13-16-11-3-1-2-4-12(11)20(18,19)17-13/h1-7H,(H,16,17). The second kappa shape index (κ2) is 4.77. The van der Waals surface area contributed by atoms with E-state index in [1.807, 2.05) is 0 Å². The molecule has 0 atom stereocenters. The zero-order valence-electron chi connectivity index (χ0n) is 9.97. The monoisotopic (exact) mass is 326 g/mol. The van der Waals surface area contributed by atoms with Crippen molar-refractivity contribution < 1.29 is 8.42 Å². The number of nitrogens with one attached hydrogen (secondary N) is 1. The number of nitrogens with zero attached hydrogens (tertiary/aromatic N) is 1. The van der Waals surface area contributed by atoms with Crippen LogP contribution in [-0.4, -0.2) is 14.3 Å². The molecule has 2 aromatic carbocycles. The maximum absolute atomic E-state index is 12.1. The number of benzene rings is 2. The molecule has 0 aliphatic carbocycles. The number of para-hydroxylation sites is 1. The van der Waals surface area contributed by atoms with Crippen molar-refractivity contribution in [3.8, 4) is 0 Å². The summed E-state index contributed by atoms with van der Waals surface area (Å²) in [6.07, 6.45) is 0. The summed E-state index contributed by atoms with van der Waals surface area (Å²) in [5, 5.41) is 3.72. The summed E-state index contributed by atoms with van der Waals surface area (Å²) in [5.41, 5.74) is 1.04. The molecule has 1 aliphatic rings. The molecule has 1 heterocycles. The minimum atomic E-state index is -3.71. The normalized spacial score (nSPS) is 16.0. The van der Waals surface area contributed by atoms with Crippen molar-refractivity contribution in [1.82, 2.24) is 0 Å². The summed E-state index contributed by atoms with van der Waals surface area (Å²) in [4.78, 5) is 0.156. The molecular formula is C13H8Cl2N2O2S. The summed E-state index contributed by atoms with van der Waals surface area (Å²) in [6.45, 7) is 0. The second-order valence-electron chi connectivity index (χ2n) is 4.17. The van der Waals surface area contributed by atoms with Crippen LogP contribution in [-0.2, 0) is 10.0 Å². The Morgan fingerprint density at radius 3 is 2.50 bits per heavy atom. The predicted octanol–water partition coefficient (Wildman–Crippen LogP) is 3.55.